The maximum atomic E-state index is 12.1. The lowest BCUT2D eigenvalue weighted by Gasteiger charge is -2.06. The second kappa shape index (κ2) is 5.70. The average molecular weight is 289 g/mol. The number of rotatable bonds is 4. The Hall–Kier alpha value is -2.77. The van der Waals surface area contributed by atoms with Gasteiger partial charge in [-0.3, -0.25) is 20.0 Å². The first kappa shape index (κ1) is 14.6. The Morgan fingerprint density at radius 1 is 1.43 bits per heavy atom. The van der Waals surface area contributed by atoms with Crippen LogP contribution in [0.1, 0.15) is 41.8 Å². The first-order valence-corrected chi connectivity index (χ1v) is 6.37. The highest BCUT2D eigenvalue weighted by Gasteiger charge is 2.16. The highest BCUT2D eigenvalue weighted by atomic mass is 16.6. The van der Waals surface area contributed by atoms with Crippen LogP contribution in [0.15, 0.2) is 18.2 Å². The van der Waals surface area contributed by atoms with E-state index in [4.69, 9.17) is 0 Å². The Bertz CT molecular complexity index is 693. The third-order valence-electron chi connectivity index (χ3n) is 2.93. The van der Waals surface area contributed by atoms with Gasteiger partial charge in [-0.25, -0.2) is 4.98 Å². The van der Waals surface area contributed by atoms with Crippen LogP contribution in [0.25, 0.3) is 0 Å². The molecule has 110 valence electrons. The summed E-state index contributed by atoms with van der Waals surface area (Å²) < 4.78 is 0. The Balaban J connectivity index is 2.22. The first-order chi connectivity index (χ1) is 9.88. The van der Waals surface area contributed by atoms with Crippen molar-refractivity contribution < 1.29 is 9.72 Å². The molecule has 0 atom stereocenters. The van der Waals surface area contributed by atoms with Gasteiger partial charge >= 0.3 is 0 Å². The monoisotopic (exact) mass is 289 g/mol. The minimum absolute atomic E-state index is 0.00426. The average Bonchev–Trinajstić information content (AvgIpc) is 2.90. The maximum Gasteiger partial charge on any atom is 0.295 e. The molecule has 1 aromatic carbocycles. The Kier molecular flexibility index (Phi) is 3.97. The number of nitrogens with one attached hydrogen (secondary N) is 2. The topological polar surface area (TPSA) is 114 Å². The molecule has 0 aliphatic carbocycles. The van der Waals surface area contributed by atoms with Crippen molar-refractivity contribution in [3.8, 4) is 0 Å². The summed E-state index contributed by atoms with van der Waals surface area (Å²) in [6.45, 7) is 5.59. The van der Waals surface area contributed by atoms with Crippen LogP contribution in [0.4, 0.5) is 11.4 Å². The number of amides is 1. The lowest BCUT2D eigenvalue weighted by Crippen LogP contribution is -2.14. The molecule has 0 saturated heterocycles. The third-order valence-corrected chi connectivity index (χ3v) is 2.93. The number of carbonyl (C=O) groups excluding carboxylic acids is 1. The predicted octanol–water partition coefficient (Wildman–Crippen LogP) is 2.40. The van der Waals surface area contributed by atoms with Crippen molar-refractivity contribution >= 4 is 17.3 Å². The van der Waals surface area contributed by atoms with Gasteiger partial charge in [-0.05, 0) is 12.5 Å². The van der Waals surface area contributed by atoms with Crippen LogP contribution in [0.2, 0.25) is 0 Å². The normalized spacial score (nSPS) is 10.7. The molecule has 0 bridgehead atoms. The minimum Gasteiger partial charge on any atom is -0.319 e. The largest absolute Gasteiger partial charge is 0.319 e. The Morgan fingerprint density at radius 3 is 2.71 bits per heavy atom. The zero-order valence-electron chi connectivity index (χ0n) is 11.9. The molecule has 8 nitrogen and oxygen atoms in total. The number of nitro benzene ring substituents is 1. The number of aromatic nitrogens is 3. The molecule has 0 spiro atoms. The number of hydrogen-bond donors (Lipinski definition) is 2. The van der Waals surface area contributed by atoms with E-state index in [0.29, 0.717) is 17.1 Å². The van der Waals surface area contributed by atoms with E-state index in [-0.39, 0.29) is 17.4 Å². The summed E-state index contributed by atoms with van der Waals surface area (Å²) in [5.74, 6) is 0.223. The van der Waals surface area contributed by atoms with E-state index in [1.165, 1.54) is 12.1 Å². The summed E-state index contributed by atoms with van der Waals surface area (Å²) in [6, 6.07) is 4.27. The predicted molar refractivity (Wildman–Crippen MR) is 76.3 cm³/mol. The van der Waals surface area contributed by atoms with Crippen molar-refractivity contribution in [2.75, 3.05) is 5.32 Å². The van der Waals surface area contributed by atoms with Gasteiger partial charge in [0.15, 0.2) is 0 Å². The standard InChI is InChI=1S/C13H15N5O3/c1-7(2)11-15-12(17-16-11)13(19)14-10-6-9(18(20)21)5-4-8(10)3/h4-7H,1-3H3,(H,14,19)(H,15,16,17). The van der Waals surface area contributed by atoms with Crippen LogP contribution in [-0.4, -0.2) is 26.0 Å². The molecule has 0 unspecified atom stereocenters. The molecule has 2 N–H and O–H groups in total. The number of hydrogen-bond acceptors (Lipinski definition) is 5. The van der Waals surface area contributed by atoms with Gasteiger partial charge in [-0.2, -0.15) is 0 Å². The van der Waals surface area contributed by atoms with Crippen molar-refractivity contribution in [2.45, 2.75) is 26.7 Å². The molecule has 1 heterocycles. The van der Waals surface area contributed by atoms with Crippen LogP contribution < -0.4 is 5.32 Å². The van der Waals surface area contributed by atoms with Gasteiger partial charge in [-0.15, -0.1) is 5.10 Å². The Labute approximate surface area is 120 Å². The highest BCUT2D eigenvalue weighted by Crippen LogP contribution is 2.22. The number of aryl methyl sites for hydroxylation is 1. The molecule has 1 aromatic heterocycles. The van der Waals surface area contributed by atoms with Crippen molar-refractivity contribution in [1.29, 1.82) is 0 Å². The van der Waals surface area contributed by atoms with Crippen molar-refractivity contribution in [3.63, 3.8) is 0 Å². The first-order valence-electron chi connectivity index (χ1n) is 6.37. The van der Waals surface area contributed by atoms with Crippen LogP contribution in [0, 0.1) is 17.0 Å². The number of anilines is 1. The van der Waals surface area contributed by atoms with Gasteiger partial charge in [0.2, 0.25) is 5.82 Å². The van der Waals surface area contributed by atoms with Gasteiger partial charge in [-0.1, -0.05) is 19.9 Å². The van der Waals surface area contributed by atoms with E-state index in [1.54, 1.807) is 13.0 Å². The van der Waals surface area contributed by atoms with Crippen molar-refractivity contribution in [3.05, 3.63) is 45.5 Å². The van der Waals surface area contributed by atoms with E-state index in [9.17, 15) is 14.9 Å². The summed E-state index contributed by atoms with van der Waals surface area (Å²) >= 11 is 0. The lowest BCUT2D eigenvalue weighted by molar-refractivity contribution is -0.384. The maximum absolute atomic E-state index is 12.1. The number of aromatic amines is 1. The zero-order chi connectivity index (χ0) is 15.6. The molecular weight excluding hydrogens is 274 g/mol. The van der Waals surface area contributed by atoms with Gasteiger partial charge in [0.25, 0.3) is 11.6 Å². The quantitative estimate of drug-likeness (QED) is 0.662. The molecule has 0 aliphatic rings. The molecule has 1 amide bonds. The molecule has 0 radical (unpaired) electrons. The highest BCUT2D eigenvalue weighted by molar-refractivity contribution is 6.02. The number of H-pyrrole nitrogens is 1. The lowest BCUT2D eigenvalue weighted by atomic mass is 10.2. The molecular formula is C13H15N5O3. The fourth-order valence-electron chi connectivity index (χ4n) is 1.67. The van der Waals surface area contributed by atoms with Crippen LogP contribution >= 0.6 is 0 Å². The van der Waals surface area contributed by atoms with Crippen molar-refractivity contribution in [1.82, 2.24) is 15.2 Å². The van der Waals surface area contributed by atoms with Gasteiger partial charge in [0.05, 0.1) is 10.6 Å². The van der Waals surface area contributed by atoms with Gasteiger partial charge in [0.1, 0.15) is 5.82 Å². The molecule has 2 rings (SSSR count). The van der Waals surface area contributed by atoms with E-state index >= 15 is 0 Å². The minimum atomic E-state index is -0.515. The van der Waals surface area contributed by atoms with E-state index in [1.807, 2.05) is 13.8 Å². The summed E-state index contributed by atoms with van der Waals surface area (Å²) in [7, 11) is 0. The number of benzene rings is 1. The summed E-state index contributed by atoms with van der Waals surface area (Å²) in [4.78, 5) is 26.4. The third kappa shape index (κ3) is 3.22. The van der Waals surface area contributed by atoms with Gasteiger partial charge in [0, 0.05) is 18.1 Å². The fourth-order valence-corrected chi connectivity index (χ4v) is 1.67. The van der Waals surface area contributed by atoms with Crippen LogP contribution in [0.5, 0.6) is 0 Å². The molecule has 8 heteroatoms. The van der Waals surface area contributed by atoms with E-state index in [0.717, 1.165) is 0 Å². The molecule has 0 aliphatic heterocycles. The summed E-state index contributed by atoms with van der Waals surface area (Å²) in [5, 5.41) is 19.9. The van der Waals surface area contributed by atoms with E-state index in [2.05, 4.69) is 20.5 Å². The fraction of sp³-hybridized carbons (Fsp3) is 0.308. The zero-order valence-corrected chi connectivity index (χ0v) is 11.9. The number of nitro groups is 1. The second-order valence-electron chi connectivity index (χ2n) is 4.91. The number of non-ortho nitro benzene ring substituents is 1. The second-order valence-corrected chi connectivity index (χ2v) is 4.91. The summed E-state index contributed by atoms with van der Waals surface area (Å²) in [5.41, 5.74) is 0.993. The van der Waals surface area contributed by atoms with Crippen LogP contribution in [-0.2, 0) is 0 Å². The molecule has 0 fully saturated rings. The molecule has 21 heavy (non-hydrogen) atoms. The SMILES string of the molecule is Cc1ccc([N+](=O)[O-])cc1NC(=O)c1n[nH]c(C(C)C)n1. The van der Waals surface area contributed by atoms with Crippen LogP contribution in [0.3, 0.4) is 0 Å². The number of nitrogens with zero attached hydrogens (tertiary/aromatic N) is 3. The smallest absolute Gasteiger partial charge is 0.295 e. The number of carbonyl (C=O) groups is 1. The molecule has 2 aromatic rings. The summed E-state index contributed by atoms with van der Waals surface area (Å²) in [6.07, 6.45) is 0. The van der Waals surface area contributed by atoms with E-state index < -0.39 is 10.8 Å². The van der Waals surface area contributed by atoms with Gasteiger partial charge < -0.3 is 5.32 Å². The van der Waals surface area contributed by atoms with Crippen molar-refractivity contribution in [2.24, 2.45) is 0 Å². The molecule has 0 saturated carbocycles. The Morgan fingerprint density at radius 2 is 2.14 bits per heavy atom.